The molecule has 0 aromatic heterocycles. The molecule has 1 N–H and O–H groups in total. The number of carbonyl (C=O) groups is 1. The normalized spacial score (nSPS) is 25.0. The molecule has 4 atom stereocenters. The number of ether oxygens (including phenoxy) is 2. The first-order valence-electron chi connectivity index (χ1n) is 15.6. The Balaban J connectivity index is 1.22. The van der Waals surface area contributed by atoms with Crippen LogP contribution in [0, 0.1) is 5.92 Å². The highest BCUT2D eigenvalue weighted by molar-refractivity contribution is 7.90. The van der Waals surface area contributed by atoms with Gasteiger partial charge in [-0.25, -0.2) is 21.6 Å². The summed E-state index contributed by atoms with van der Waals surface area (Å²) in [6.45, 7) is 6.49. The van der Waals surface area contributed by atoms with Crippen molar-refractivity contribution in [2.24, 2.45) is 5.92 Å². The molecule has 0 bridgehead atoms. The number of nitrogens with zero attached hydrogens (tertiary/aromatic N) is 1. The van der Waals surface area contributed by atoms with Crippen molar-refractivity contribution < 1.29 is 31.1 Å². The lowest BCUT2D eigenvalue weighted by Gasteiger charge is -2.48. The van der Waals surface area contributed by atoms with Crippen molar-refractivity contribution in [3.8, 4) is 5.75 Å². The van der Waals surface area contributed by atoms with Gasteiger partial charge in [0.15, 0.2) is 0 Å². The molecule has 3 aromatic rings. The van der Waals surface area contributed by atoms with E-state index in [9.17, 15) is 21.6 Å². The van der Waals surface area contributed by atoms with Gasteiger partial charge in [-0.05, 0) is 94.0 Å². The zero-order valence-electron chi connectivity index (χ0n) is 25.8. The van der Waals surface area contributed by atoms with Gasteiger partial charge in [0.05, 0.1) is 22.0 Å². The lowest BCUT2D eigenvalue weighted by atomic mass is 9.74. The van der Waals surface area contributed by atoms with E-state index in [2.05, 4.69) is 4.72 Å². The number of nitrogens with one attached hydrogen (secondary N) is 1. The van der Waals surface area contributed by atoms with E-state index in [1.807, 2.05) is 51.1 Å². The summed E-state index contributed by atoms with van der Waals surface area (Å²) < 4.78 is 69.8. The first kappa shape index (κ1) is 31.7. The lowest BCUT2D eigenvalue weighted by Crippen LogP contribution is -2.47. The van der Waals surface area contributed by atoms with E-state index < -0.39 is 31.6 Å². The fraction of sp³-hybridized carbons (Fsp3) is 0.441. The van der Waals surface area contributed by atoms with Crippen molar-refractivity contribution in [2.75, 3.05) is 6.54 Å². The quantitative estimate of drug-likeness (QED) is 0.326. The number of hydrogen-bond acceptors (Lipinski definition) is 7. The Bertz CT molecular complexity index is 1770. The van der Waals surface area contributed by atoms with E-state index in [1.165, 1.54) is 34.6 Å². The number of sulfonamides is 2. The molecular weight excluding hydrogens is 613 g/mol. The SMILES string of the molecule is CC[C@H]1CCCCN1S(=O)(=O)c1ccc(S(=O)(=O)NC(=O)c2ccc3c(c2)[C@@H]2O[C@H](c4ccccc4)CC[C@H]2C(C)(C)O3)cc1. The zero-order chi connectivity index (χ0) is 32.0. The van der Waals surface area contributed by atoms with Crippen molar-refractivity contribution in [3.63, 3.8) is 0 Å². The molecular formula is C34H40N2O7S2. The third-order valence-corrected chi connectivity index (χ3v) is 12.8. The Morgan fingerprint density at radius 3 is 2.33 bits per heavy atom. The van der Waals surface area contributed by atoms with Crippen LogP contribution in [0.3, 0.4) is 0 Å². The minimum atomic E-state index is -4.29. The number of benzene rings is 3. The highest BCUT2D eigenvalue weighted by Gasteiger charge is 2.48. The molecule has 1 amide bonds. The molecule has 2 fully saturated rings. The largest absolute Gasteiger partial charge is 0.487 e. The number of fused-ring (bicyclic) bond motifs is 3. The summed E-state index contributed by atoms with van der Waals surface area (Å²) in [7, 11) is -8.06. The third-order valence-electron chi connectivity index (χ3n) is 9.44. The third kappa shape index (κ3) is 6.15. The van der Waals surface area contributed by atoms with Gasteiger partial charge in [-0.3, -0.25) is 4.79 Å². The van der Waals surface area contributed by atoms with Crippen LogP contribution < -0.4 is 9.46 Å². The number of rotatable bonds is 7. The second-order valence-electron chi connectivity index (χ2n) is 12.7. The minimum absolute atomic E-state index is 0.0292. The van der Waals surface area contributed by atoms with Crippen molar-refractivity contribution in [1.82, 2.24) is 9.03 Å². The van der Waals surface area contributed by atoms with E-state index in [1.54, 1.807) is 12.1 Å². The summed E-state index contributed by atoms with van der Waals surface area (Å²) in [6.07, 6.45) is 4.55. The minimum Gasteiger partial charge on any atom is -0.487 e. The summed E-state index contributed by atoms with van der Waals surface area (Å²) in [5.74, 6) is -0.157. The molecule has 3 aliphatic heterocycles. The lowest BCUT2D eigenvalue weighted by molar-refractivity contribution is -0.151. The van der Waals surface area contributed by atoms with Crippen molar-refractivity contribution >= 4 is 26.0 Å². The second-order valence-corrected chi connectivity index (χ2v) is 16.3. The molecule has 11 heteroatoms. The summed E-state index contributed by atoms with van der Waals surface area (Å²) in [5, 5.41) is 0. The summed E-state index contributed by atoms with van der Waals surface area (Å²) >= 11 is 0. The van der Waals surface area contributed by atoms with Gasteiger partial charge in [0.1, 0.15) is 11.4 Å². The number of amides is 1. The fourth-order valence-electron chi connectivity index (χ4n) is 6.97. The van der Waals surface area contributed by atoms with Gasteiger partial charge in [0.25, 0.3) is 15.9 Å². The molecule has 240 valence electrons. The Hall–Kier alpha value is -3.25. The average molecular weight is 653 g/mol. The molecule has 3 aromatic carbocycles. The molecule has 6 rings (SSSR count). The molecule has 0 unspecified atom stereocenters. The maximum Gasteiger partial charge on any atom is 0.265 e. The van der Waals surface area contributed by atoms with E-state index in [4.69, 9.17) is 9.47 Å². The molecule has 3 aliphatic rings. The summed E-state index contributed by atoms with van der Waals surface area (Å²) in [5.41, 5.74) is 1.46. The van der Waals surface area contributed by atoms with Crippen LogP contribution in [0.25, 0.3) is 0 Å². The molecule has 0 saturated carbocycles. The van der Waals surface area contributed by atoms with Gasteiger partial charge in [-0.2, -0.15) is 4.31 Å². The Labute approximate surface area is 266 Å². The Morgan fingerprint density at radius 1 is 0.911 bits per heavy atom. The van der Waals surface area contributed by atoms with E-state index in [-0.39, 0.29) is 39.5 Å². The monoisotopic (exact) mass is 652 g/mol. The van der Waals surface area contributed by atoms with Crippen LogP contribution in [0.5, 0.6) is 5.75 Å². The van der Waals surface area contributed by atoms with Crippen LogP contribution in [0.1, 0.15) is 93.0 Å². The molecule has 0 radical (unpaired) electrons. The van der Waals surface area contributed by atoms with Crippen molar-refractivity contribution in [2.45, 2.75) is 92.9 Å². The highest BCUT2D eigenvalue weighted by Crippen LogP contribution is 2.53. The number of hydrogen-bond donors (Lipinski definition) is 1. The van der Waals surface area contributed by atoms with Crippen LogP contribution in [-0.2, 0) is 24.8 Å². The fourth-order valence-corrected chi connectivity index (χ4v) is 9.71. The summed E-state index contributed by atoms with van der Waals surface area (Å²) in [4.78, 5) is 13.1. The topological polar surface area (TPSA) is 119 Å². The first-order chi connectivity index (χ1) is 21.4. The average Bonchev–Trinajstić information content (AvgIpc) is 3.04. The predicted octanol–water partition coefficient (Wildman–Crippen LogP) is 6.14. The predicted molar refractivity (Wildman–Crippen MR) is 170 cm³/mol. The van der Waals surface area contributed by atoms with Crippen molar-refractivity contribution in [3.05, 3.63) is 89.5 Å². The Kier molecular flexibility index (Phi) is 8.58. The van der Waals surface area contributed by atoms with Gasteiger partial charge in [-0.15, -0.1) is 0 Å². The standard InChI is InChI=1S/C34H40N2O7S2/c1-4-25-12-8-9-21-36(25)45(40,41)27-16-14-26(15-17-27)44(38,39)35-33(37)24-13-19-31-28(22-24)32-29(34(2,3)43-31)18-20-30(42-32)23-10-6-5-7-11-23/h5-7,10-11,13-17,19,22,25,29-30,32H,4,8-9,12,18,20-21H2,1-3H3,(H,35,37)/t25-,29+,30-,32-/m0/s1. The molecule has 45 heavy (non-hydrogen) atoms. The van der Waals surface area contributed by atoms with Crippen LogP contribution in [0.2, 0.25) is 0 Å². The van der Waals surface area contributed by atoms with Gasteiger partial charge in [-0.1, -0.05) is 43.7 Å². The molecule has 2 saturated heterocycles. The van der Waals surface area contributed by atoms with Crippen LogP contribution >= 0.6 is 0 Å². The van der Waals surface area contributed by atoms with Gasteiger partial charge in [0.2, 0.25) is 10.0 Å². The smallest absolute Gasteiger partial charge is 0.265 e. The van der Waals surface area contributed by atoms with Crippen molar-refractivity contribution in [1.29, 1.82) is 0 Å². The number of piperidine rings is 1. The zero-order valence-corrected chi connectivity index (χ0v) is 27.4. The highest BCUT2D eigenvalue weighted by atomic mass is 32.2. The van der Waals surface area contributed by atoms with Crippen LogP contribution in [-0.4, -0.2) is 45.2 Å². The van der Waals surface area contributed by atoms with E-state index in [0.29, 0.717) is 24.3 Å². The van der Waals surface area contributed by atoms with E-state index >= 15 is 0 Å². The van der Waals surface area contributed by atoms with Crippen LogP contribution in [0.15, 0.2) is 82.6 Å². The molecule has 9 nitrogen and oxygen atoms in total. The first-order valence-corrected chi connectivity index (χ1v) is 18.6. The molecule has 0 spiro atoms. The van der Waals surface area contributed by atoms with Gasteiger partial charge >= 0.3 is 0 Å². The maximum atomic E-state index is 13.3. The van der Waals surface area contributed by atoms with E-state index in [0.717, 1.165) is 37.7 Å². The Morgan fingerprint density at radius 2 is 1.62 bits per heavy atom. The molecule has 3 heterocycles. The molecule has 0 aliphatic carbocycles. The summed E-state index contributed by atoms with van der Waals surface area (Å²) in [6, 6.07) is 19.9. The van der Waals surface area contributed by atoms with Gasteiger partial charge in [0, 0.05) is 29.6 Å². The van der Waals surface area contributed by atoms with Gasteiger partial charge < -0.3 is 9.47 Å². The number of carbonyl (C=O) groups excluding carboxylic acids is 1. The maximum absolute atomic E-state index is 13.3. The van der Waals surface area contributed by atoms with Crippen LogP contribution in [0.4, 0.5) is 0 Å². The second kappa shape index (κ2) is 12.2.